The summed E-state index contributed by atoms with van der Waals surface area (Å²) in [6.07, 6.45) is 17.9. The molecule has 0 heterocycles. The van der Waals surface area contributed by atoms with Gasteiger partial charge in [-0.1, -0.05) is 49.0 Å². The van der Waals surface area contributed by atoms with Gasteiger partial charge in [0.05, 0.1) is 0 Å². The SMILES string of the molecule is C[C@]12CC=C3[C@H]4C=CCC=C4C=C[C@H]3[C@@H]1CCC2=O. The Morgan fingerprint density at radius 3 is 3.05 bits per heavy atom. The highest BCUT2D eigenvalue weighted by Gasteiger charge is 2.52. The van der Waals surface area contributed by atoms with Crippen LogP contribution >= 0.6 is 0 Å². The van der Waals surface area contributed by atoms with Gasteiger partial charge in [-0.05, 0) is 30.8 Å². The lowest BCUT2D eigenvalue weighted by Gasteiger charge is -2.43. The van der Waals surface area contributed by atoms with Crippen LogP contribution in [0.4, 0.5) is 0 Å². The molecular weight excluding hydrogens is 232 g/mol. The molecule has 4 aliphatic carbocycles. The van der Waals surface area contributed by atoms with E-state index >= 15 is 0 Å². The van der Waals surface area contributed by atoms with Crippen molar-refractivity contribution in [2.75, 3.05) is 0 Å². The topological polar surface area (TPSA) is 17.1 Å². The molecule has 4 rings (SSSR count). The molecular formula is C18H20O. The van der Waals surface area contributed by atoms with Crippen LogP contribution in [0.15, 0.2) is 47.6 Å². The molecule has 4 aliphatic rings. The first kappa shape index (κ1) is 11.5. The highest BCUT2D eigenvalue weighted by molar-refractivity contribution is 5.87. The Labute approximate surface area is 114 Å². The number of ketones is 1. The summed E-state index contributed by atoms with van der Waals surface area (Å²) in [5.41, 5.74) is 2.93. The van der Waals surface area contributed by atoms with Gasteiger partial charge in [0.15, 0.2) is 0 Å². The number of rotatable bonds is 0. The van der Waals surface area contributed by atoms with Crippen LogP contribution in [0, 0.1) is 23.2 Å². The lowest BCUT2D eigenvalue weighted by molar-refractivity contribution is -0.126. The van der Waals surface area contributed by atoms with Gasteiger partial charge in [-0.15, -0.1) is 0 Å². The van der Waals surface area contributed by atoms with Gasteiger partial charge in [0.2, 0.25) is 0 Å². The highest BCUT2D eigenvalue weighted by Crippen LogP contribution is 2.55. The minimum absolute atomic E-state index is 0.0852. The van der Waals surface area contributed by atoms with Crippen molar-refractivity contribution in [2.45, 2.75) is 32.6 Å². The number of hydrogen-bond donors (Lipinski definition) is 0. The molecule has 0 aromatic heterocycles. The zero-order valence-electron chi connectivity index (χ0n) is 11.4. The highest BCUT2D eigenvalue weighted by atomic mass is 16.1. The van der Waals surface area contributed by atoms with Crippen LogP contribution in [0.2, 0.25) is 0 Å². The molecule has 1 saturated carbocycles. The minimum atomic E-state index is -0.0852. The average molecular weight is 252 g/mol. The van der Waals surface area contributed by atoms with Crippen LogP contribution in [-0.4, -0.2) is 5.78 Å². The first-order valence-corrected chi connectivity index (χ1v) is 7.48. The second-order valence-corrected chi connectivity index (χ2v) is 6.62. The van der Waals surface area contributed by atoms with Crippen molar-refractivity contribution in [3.8, 4) is 0 Å². The molecule has 0 N–H and O–H groups in total. The van der Waals surface area contributed by atoms with Crippen LogP contribution in [0.5, 0.6) is 0 Å². The molecule has 0 aromatic carbocycles. The number of hydrogen-bond acceptors (Lipinski definition) is 1. The first-order chi connectivity index (χ1) is 9.20. The molecule has 0 amide bonds. The summed E-state index contributed by atoms with van der Waals surface area (Å²) in [7, 11) is 0. The molecule has 1 heteroatoms. The summed E-state index contributed by atoms with van der Waals surface area (Å²) in [6, 6.07) is 0. The molecule has 0 unspecified atom stereocenters. The first-order valence-electron chi connectivity index (χ1n) is 7.48. The maximum absolute atomic E-state index is 12.2. The molecule has 0 saturated heterocycles. The van der Waals surface area contributed by atoms with Gasteiger partial charge >= 0.3 is 0 Å². The third-order valence-electron chi connectivity index (χ3n) is 5.75. The lowest BCUT2D eigenvalue weighted by atomic mass is 9.60. The average Bonchev–Trinajstić information content (AvgIpc) is 2.75. The van der Waals surface area contributed by atoms with Crippen molar-refractivity contribution in [2.24, 2.45) is 23.2 Å². The van der Waals surface area contributed by atoms with E-state index in [-0.39, 0.29) is 5.41 Å². The van der Waals surface area contributed by atoms with E-state index in [1.165, 1.54) is 5.57 Å². The van der Waals surface area contributed by atoms with Gasteiger partial charge in [0.1, 0.15) is 5.78 Å². The van der Waals surface area contributed by atoms with Gasteiger partial charge < -0.3 is 0 Å². The summed E-state index contributed by atoms with van der Waals surface area (Å²) >= 11 is 0. The van der Waals surface area contributed by atoms with E-state index in [0.29, 0.717) is 23.5 Å². The molecule has 0 spiro atoms. The van der Waals surface area contributed by atoms with Gasteiger partial charge in [-0.3, -0.25) is 4.79 Å². The molecule has 0 aliphatic heterocycles. The Bertz CT molecular complexity index is 560. The van der Waals surface area contributed by atoms with Gasteiger partial charge in [-0.25, -0.2) is 0 Å². The normalized spacial score (nSPS) is 43.2. The Kier molecular flexibility index (Phi) is 2.30. The predicted octanol–water partition coefficient (Wildman–Crippen LogP) is 3.99. The van der Waals surface area contributed by atoms with Crippen LogP contribution < -0.4 is 0 Å². The molecule has 4 atom stereocenters. The molecule has 0 aromatic rings. The zero-order chi connectivity index (χ0) is 13.0. The Morgan fingerprint density at radius 1 is 1.26 bits per heavy atom. The van der Waals surface area contributed by atoms with Crippen LogP contribution in [0.25, 0.3) is 0 Å². The third-order valence-corrected chi connectivity index (χ3v) is 5.75. The van der Waals surface area contributed by atoms with E-state index < -0.39 is 0 Å². The van der Waals surface area contributed by atoms with Crippen LogP contribution in [0.1, 0.15) is 32.6 Å². The van der Waals surface area contributed by atoms with Crippen molar-refractivity contribution >= 4 is 5.78 Å². The van der Waals surface area contributed by atoms with Crippen molar-refractivity contribution in [1.29, 1.82) is 0 Å². The van der Waals surface area contributed by atoms with Crippen molar-refractivity contribution < 1.29 is 4.79 Å². The summed E-state index contributed by atoms with van der Waals surface area (Å²) in [4.78, 5) is 12.2. The Balaban J connectivity index is 1.79. The maximum atomic E-state index is 12.2. The number of allylic oxidation sites excluding steroid dienone is 8. The molecule has 1 fully saturated rings. The van der Waals surface area contributed by atoms with Gasteiger partial charge in [-0.2, -0.15) is 0 Å². The molecule has 19 heavy (non-hydrogen) atoms. The fraction of sp³-hybridized carbons (Fsp3) is 0.500. The fourth-order valence-corrected chi connectivity index (χ4v) is 4.56. The number of fused-ring (bicyclic) bond motifs is 5. The standard InChI is InChI=1S/C18H20O/c1-18-11-10-14-13-5-3-2-4-12(13)6-7-15(14)16(18)8-9-17(18)19/h3-7,10,13,15-16H,2,8-9,11H2,1H3/t13-,15+,16-,18-/m0/s1. The number of Topliss-reactive ketones (excluding diaryl/α,β-unsaturated/α-hetero) is 1. The number of carbonyl (C=O) groups excluding carboxylic acids is 1. The second-order valence-electron chi connectivity index (χ2n) is 6.62. The largest absolute Gasteiger partial charge is 0.299 e. The van der Waals surface area contributed by atoms with Crippen molar-refractivity contribution in [3.05, 3.63) is 47.6 Å². The zero-order valence-corrected chi connectivity index (χ0v) is 11.4. The molecule has 98 valence electrons. The van der Waals surface area contributed by atoms with Crippen molar-refractivity contribution in [3.63, 3.8) is 0 Å². The molecule has 0 radical (unpaired) electrons. The van der Waals surface area contributed by atoms with Gasteiger partial charge in [0, 0.05) is 23.7 Å². The van der Waals surface area contributed by atoms with E-state index in [4.69, 9.17) is 0 Å². The predicted molar refractivity (Wildman–Crippen MR) is 76.5 cm³/mol. The maximum Gasteiger partial charge on any atom is 0.139 e. The van der Waals surface area contributed by atoms with Crippen LogP contribution in [-0.2, 0) is 4.79 Å². The van der Waals surface area contributed by atoms with Crippen LogP contribution in [0.3, 0.4) is 0 Å². The second kappa shape index (κ2) is 3.82. The third kappa shape index (κ3) is 1.45. The Morgan fingerprint density at radius 2 is 2.16 bits per heavy atom. The van der Waals surface area contributed by atoms with Gasteiger partial charge in [0.25, 0.3) is 0 Å². The van der Waals surface area contributed by atoms with E-state index in [2.05, 4.69) is 43.4 Å². The molecule has 1 nitrogen and oxygen atoms in total. The fourth-order valence-electron chi connectivity index (χ4n) is 4.56. The number of carbonyl (C=O) groups is 1. The van der Waals surface area contributed by atoms with E-state index in [1.807, 2.05) is 0 Å². The molecule has 0 bridgehead atoms. The smallest absolute Gasteiger partial charge is 0.139 e. The van der Waals surface area contributed by atoms with E-state index in [1.54, 1.807) is 5.57 Å². The van der Waals surface area contributed by atoms with Crippen molar-refractivity contribution in [1.82, 2.24) is 0 Å². The quantitative estimate of drug-likeness (QED) is 0.596. The summed E-state index contributed by atoms with van der Waals surface area (Å²) in [5.74, 6) is 2.01. The Hall–Kier alpha value is -1.37. The monoisotopic (exact) mass is 252 g/mol. The summed E-state index contributed by atoms with van der Waals surface area (Å²) in [6.45, 7) is 2.19. The summed E-state index contributed by atoms with van der Waals surface area (Å²) < 4.78 is 0. The summed E-state index contributed by atoms with van der Waals surface area (Å²) in [5, 5.41) is 0. The van der Waals surface area contributed by atoms with E-state index in [0.717, 1.165) is 25.7 Å². The lowest BCUT2D eigenvalue weighted by Crippen LogP contribution is -2.38. The minimum Gasteiger partial charge on any atom is -0.299 e. The van der Waals surface area contributed by atoms with E-state index in [9.17, 15) is 4.79 Å².